The fourth-order valence-corrected chi connectivity index (χ4v) is 5.30. The second-order valence-corrected chi connectivity index (χ2v) is 10.3. The molecule has 0 aliphatic carbocycles. The highest BCUT2D eigenvalue weighted by Crippen LogP contribution is 2.25. The maximum Gasteiger partial charge on any atom is 0.262 e. The Morgan fingerprint density at radius 2 is 1.34 bits per heavy atom. The van der Waals surface area contributed by atoms with Gasteiger partial charge in [-0.3, -0.25) is 9.52 Å². The molecule has 5 nitrogen and oxygen atoms in total. The number of rotatable bonds is 7. The SMILES string of the molecule is Cc1ccc([C@H](NC(=O)c2ccc(C)c(S(=O)(=O)Nc3ccccc3C)c2)c2ccccc2)cc1. The van der Waals surface area contributed by atoms with Crippen LogP contribution in [0.2, 0.25) is 0 Å². The van der Waals surface area contributed by atoms with Gasteiger partial charge in [0.05, 0.1) is 16.6 Å². The van der Waals surface area contributed by atoms with E-state index in [2.05, 4.69) is 10.0 Å². The summed E-state index contributed by atoms with van der Waals surface area (Å²) in [6, 6.07) is 29.2. The van der Waals surface area contributed by atoms with E-state index in [0.29, 0.717) is 11.3 Å². The lowest BCUT2D eigenvalue weighted by atomic mass is 9.97. The number of anilines is 1. The minimum Gasteiger partial charge on any atom is -0.341 e. The zero-order valence-electron chi connectivity index (χ0n) is 19.9. The van der Waals surface area contributed by atoms with Gasteiger partial charge in [-0.2, -0.15) is 0 Å². The molecule has 4 rings (SSSR count). The van der Waals surface area contributed by atoms with E-state index >= 15 is 0 Å². The van der Waals surface area contributed by atoms with E-state index < -0.39 is 10.0 Å². The highest BCUT2D eigenvalue weighted by Gasteiger charge is 2.22. The van der Waals surface area contributed by atoms with Crippen molar-refractivity contribution in [1.29, 1.82) is 0 Å². The average molecular weight is 485 g/mol. The smallest absolute Gasteiger partial charge is 0.262 e. The van der Waals surface area contributed by atoms with Crippen molar-refractivity contribution in [3.8, 4) is 0 Å². The third-order valence-corrected chi connectivity index (χ3v) is 7.46. The molecular weight excluding hydrogens is 456 g/mol. The van der Waals surface area contributed by atoms with E-state index in [1.165, 1.54) is 6.07 Å². The molecule has 0 fully saturated rings. The zero-order valence-corrected chi connectivity index (χ0v) is 20.8. The molecule has 35 heavy (non-hydrogen) atoms. The van der Waals surface area contributed by atoms with Gasteiger partial charge in [-0.15, -0.1) is 0 Å². The first-order chi connectivity index (χ1) is 16.7. The molecule has 0 heterocycles. The Balaban J connectivity index is 1.65. The quantitative estimate of drug-likeness (QED) is 0.341. The Hall–Kier alpha value is -3.90. The summed E-state index contributed by atoms with van der Waals surface area (Å²) in [7, 11) is -3.89. The van der Waals surface area contributed by atoms with E-state index in [1.54, 1.807) is 31.2 Å². The fourth-order valence-electron chi connectivity index (χ4n) is 3.90. The molecule has 6 heteroatoms. The Kier molecular flexibility index (Phi) is 7.03. The lowest BCUT2D eigenvalue weighted by Gasteiger charge is -2.21. The molecule has 0 aliphatic heterocycles. The molecular formula is C29H28N2O3S. The van der Waals surface area contributed by atoms with E-state index in [4.69, 9.17) is 0 Å². The molecule has 0 saturated carbocycles. The Labute approximate surface area is 206 Å². The van der Waals surface area contributed by atoms with Crippen molar-refractivity contribution >= 4 is 21.6 Å². The van der Waals surface area contributed by atoms with Crippen molar-refractivity contribution in [3.63, 3.8) is 0 Å². The van der Waals surface area contributed by atoms with Crippen molar-refractivity contribution in [2.75, 3.05) is 4.72 Å². The summed E-state index contributed by atoms with van der Waals surface area (Å²) in [4.78, 5) is 13.4. The van der Waals surface area contributed by atoms with Gasteiger partial charge < -0.3 is 5.32 Å². The second kappa shape index (κ2) is 10.2. The minimum absolute atomic E-state index is 0.0694. The number of aryl methyl sites for hydroxylation is 3. The molecule has 0 aliphatic rings. The van der Waals surface area contributed by atoms with Gasteiger partial charge in [0.1, 0.15) is 0 Å². The molecule has 1 amide bonds. The predicted molar refractivity (Wildman–Crippen MR) is 140 cm³/mol. The van der Waals surface area contributed by atoms with Gasteiger partial charge in [0, 0.05) is 5.56 Å². The molecule has 178 valence electrons. The van der Waals surface area contributed by atoms with Crippen molar-refractivity contribution in [3.05, 3.63) is 130 Å². The van der Waals surface area contributed by atoms with E-state index in [9.17, 15) is 13.2 Å². The van der Waals surface area contributed by atoms with Gasteiger partial charge in [-0.05, 0) is 61.2 Å². The summed E-state index contributed by atoms with van der Waals surface area (Å²) in [6.07, 6.45) is 0. The van der Waals surface area contributed by atoms with Gasteiger partial charge >= 0.3 is 0 Å². The van der Waals surface area contributed by atoms with Crippen LogP contribution >= 0.6 is 0 Å². The molecule has 0 bridgehead atoms. The van der Waals surface area contributed by atoms with Crippen molar-refractivity contribution < 1.29 is 13.2 Å². The first kappa shape index (κ1) is 24.2. The lowest BCUT2D eigenvalue weighted by molar-refractivity contribution is 0.0942. The monoisotopic (exact) mass is 484 g/mol. The average Bonchev–Trinajstić information content (AvgIpc) is 2.85. The molecule has 0 spiro atoms. The highest BCUT2D eigenvalue weighted by atomic mass is 32.2. The predicted octanol–water partition coefficient (Wildman–Crippen LogP) is 5.93. The van der Waals surface area contributed by atoms with E-state index in [-0.39, 0.29) is 22.4 Å². The van der Waals surface area contributed by atoms with Gasteiger partial charge in [0.25, 0.3) is 15.9 Å². The Morgan fingerprint density at radius 1 is 0.714 bits per heavy atom. The Bertz CT molecular complexity index is 1450. The van der Waals surface area contributed by atoms with Gasteiger partial charge in [-0.1, -0.05) is 84.4 Å². The standard InChI is InChI=1S/C29H28N2O3S/c1-20-13-16-24(17-14-20)28(23-10-5-4-6-11-23)30-29(32)25-18-15-22(3)27(19-25)35(33,34)31-26-12-8-7-9-21(26)2/h4-19,28,31H,1-3H3,(H,30,32)/t28-/m1/s1. The maximum atomic E-state index is 13.3. The van der Waals surface area contributed by atoms with Crippen LogP contribution in [0.3, 0.4) is 0 Å². The van der Waals surface area contributed by atoms with Gasteiger partial charge in [0.2, 0.25) is 0 Å². The van der Waals surface area contributed by atoms with Gasteiger partial charge in [-0.25, -0.2) is 8.42 Å². The van der Waals surface area contributed by atoms with Crippen LogP contribution in [0.25, 0.3) is 0 Å². The zero-order chi connectivity index (χ0) is 25.0. The molecule has 0 radical (unpaired) electrons. The number of carbonyl (C=O) groups is 1. The third kappa shape index (κ3) is 5.61. The molecule has 0 unspecified atom stereocenters. The number of amides is 1. The van der Waals surface area contributed by atoms with Crippen LogP contribution in [0, 0.1) is 20.8 Å². The lowest BCUT2D eigenvalue weighted by Crippen LogP contribution is -2.29. The molecule has 0 saturated heterocycles. The number of sulfonamides is 1. The van der Waals surface area contributed by atoms with Crippen LogP contribution in [0.15, 0.2) is 102 Å². The van der Waals surface area contributed by atoms with Crippen LogP contribution in [-0.4, -0.2) is 14.3 Å². The van der Waals surface area contributed by atoms with Crippen LogP contribution in [0.1, 0.15) is 44.2 Å². The van der Waals surface area contributed by atoms with Crippen molar-refractivity contribution in [2.45, 2.75) is 31.7 Å². The van der Waals surface area contributed by atoms with Crippen LogP contribution in [0.4, 0.5) is 5.69 Å². The number of carbonyl (C=O) groups excluding carboxylic acids is 1. The van der Waals surface area contributed by atoms with Crippen molar-refractivity contribution in [2.24, 2.45) is 0 Å². The summed E-state index contributed by atoms with van der Waals surface area (Å²) in [5, 5.41) is 3.09. The van der Waals surface area contributed by atoms with E-state index in [1.807, 2.05) is 80.6 Å². The number of hydrogen-bond acceptors (Lipinski definition) is 3. The summed E-state index contributed by atoms with van der Waals surface area (Å²) in [5.74, 6) is -0.355. The third-order valence-electron chi connectivity index (χ3n) is 5.95. The fraction of sp³-hybridized carbons (Fsp3) is 0.138. The van der Waals surface area contributed by atoms with Crippen molar-refractivity contribution in [1.82, 2.24) is 5.32 Å². The van der Waals surface area contributed by atoms with Crippen LogP contribution < -0.4 is 10.0 Å². The topological polar surface area (TPSA) is 75.3 Å². The largest absolute Gasteiger partial charge is 0.341 e. The van der Waals surface area contributed by atoms with Crippen LogP contribution in [0.5, 0.6) is 0 Å². The van der Waals surface area contributed by atoms with E-state index in [0.717, 1.165) is 22.3 Å². The Morgan fingerprint density at radius 3 is 2.03 bits per heavy atom. The molecule has 2 N–H and O–H groups in total. The summed E-state index contributed by atoms with van der Waals surface area (Å²) >= 11 is 0. The summed E-state index contributed by atoms with van der Waals surface area (Å²) < 4.78 is 29.1. The molecule has 4 aromatic rings. The number of para-hydroxylation sites is 1. The second-order valence-electron chi connectivity index (χ2n) is 8.63. The number of hydrogen-bond donors (Lipinski definition) is 2. The number of benzene rings is 4. The molecule has 4 aromatic carbocycles. The summed E-state index contributed by atoms with van der Waals surface area (Å²) in [6.45, 7) is 5.57. The highest BCUT2D eigenvalue weighted by molar-refractivity contribution is 7.92. The minimum atomic E-state index is -3.89. The number of nitrogens with one attached hydrogen (secondary N) is 2. The first-order valence-corrected chi connectivity index (χ1v) is 12.8. The first-order valence-electron chi connectivity index (χ1n) is 11.4. The molecule has 0 aromatic heterocycles. The summed E-state index contributed by atoms with van der Waals surface area (Å²) in [5.41, 5.74) is 5.15. The molecule has 1 atom stereocenters. The maximum absolute atomic E-state index is 13.3. The van der Waals surface area contributed by atoms with Crippen LogP contribution in [-0.2, 0) is 10.0 Å². The van der Waals surface area contributed by atoms with Gasteiger partial charge in [0.15, 0.2) is 0 Å². The normalized spacial score (nSPS) is 12.1.